The van der Waals surface area contributed by atoms with Gasteiger partial charge in [0.05, 0.1) is 11.8 Å². The van der Waals surface area contributed by atoms with Crippen LogP contribution in [0.1, 0.15) is 45.1 Å². The van der Waals surface area contributed by atoms with Gasteiger partial charge in [0, 0.05) is 22.0 Å². The maximum Gasteiger partial charge on any atom is 0.258 e. The molecule has 3 fully saturated rings. The highest BCUT2D eigenvalue weighted by Crippen LogP contribution is 2.67. The fourth-order valence-electron chi connectivity index (χ4n) is 7.33. The summed E-state index contributed by atoms with van der Waals surface area (Å²) in [6.45, 7) is 4.95. The summed E-state index contributed by atoms with van der Waals surface area (Å²) in [6, 6.07) is 3.66. The maximum atomic E-state index is 15.1. The van der Waals surface area contributed by atoms with Crippen LogP contribution >= 0.6 is 34.8 Å². The lowest BCUT2D eigenvalue weighted by Crippen LogP contribution is -2.60. The Balaban J connectivity index is 1.62. The average molecular weight is 692 g/mol. The molecule has 0 radical (unpaired) electrons. The molecule has 7 nitrogen and oxygen atoms in total. The minimum atomic E-state index is -2.75. The van der Waals surface area contributed by atoms with Crippen molar-refractivity contribution in [3.05, 3.63) is 69.5 Å². The molecule has 0 spiro atoms. The molecule has 45 heavy (non-hydrogen) atoms. The summed E-state index contributed by atoms with van der Waals surface area (Å²) in [5, 5.41) is 11.0. The molecule has 2 aliphatic carbocycles. The number of halogens is 8. The largest absolute Gasteiger partial charge is 0.508 e. The number of allylic oxidation sites excluding steroid dienone is 2. The van der Waals surface area contributed by atoms with Crippen molar-refractivity contribution >= 4 is 64.1 Å². The van der Waals surface area contributed by atoms with Crippen molar-refractivity contribution in [2.24, 2.45) is 17.8 Å². The first-order valence-corrected chi connectivity index (χ1v) is 14.8. The molecule has 2 aliphatic heterocycles. The summed E-state index contributed by atoms with van der Waals surface area (Å²) < 4.78 is 72.7. The number of fused-ring (bicyclic) bond motifs is 4. The number of phenols is 1. The van der Waals surface area contributed by atoms with Crippen LogP contribution in [-0.4, -0.2) is 48.9 Å². The molecule has 15 heteroatoms. The number of hydrogen-bond donors (Lipinski definition) is 1. The molecule has 0 aromatic heterocycles. The number of likely N-dealkylation sites (tertiary alicyclic amines) is 1. The van der Waals surface area contributed by atoms with Crippen LogP contribution < -0.4 is 4.90 Å². The normalized spacial score (nSPS) is 31.3. The van der Waals surface area contributed by atoms with Gasteiger partial charge in [-0.2, -0.15) is 0 Å². The molecule has 2 aromatic rings. The van der Waals surface area contributed by atoms with Crippen LogP contribution in [0.25, 0.3) is 0 Å². The number of benzene rings is 2. The Kier molecular flexibility index (Phi) is 6.98. The lowest BCUT2D eigenvalue weighted by atomic mass is 9.56. The van der Waals surface area contributed by atoms with E-state index in [1.807, 2.05) is 0 Å². The van der Waals surface area contributed by atoms with Gasteiger partial charge in [-0.1, -0.05) is 23.3 Å². The summed E-state index contributed by atoms with van der Waals surface area (Å²) >= 11 is 20.3. The van der Waals surface area contributed by atoms with Crippen molar-refractivity contribution in [3.8, 4) is 5.75 Å². The van der Waals surface area contributed by atoms with Crippen LogP contribution in [0.5, 0.6) is 5.75 Å². The van der Waals surface area contributed by atoms with E-state index in [2.05, 4.69) is 0 Å². The van der Waals surface area contributed by atoms with Crippen LogP contribution in [0, 0.1) is 46.8 Å². The van der Waals surface area contributed by atoms with Gasteiger partial charge in [-0.25, -0.2) is 26.9 Å². The standard InChI is InChI=1S/C30H22Cl3F5N2O5/c1-28(2,3)40-24(42)12-6-5-11-14(16(12)25(40)43)9-29(32)26(44)39(23-21(37)19(35)18(34)20(36)22(23)38)27(45)30(29,33)17(11)13-8-10(31)4-7-15(13)41/h4-5,7-8,12,14,16-17,41H,6,9H2,1-3H3. The SMILES string of the molecule is CC(C)(C)N1C(=O)C2CC=C3C(CC4(Cl)C(=O)N(c5c(F)c(F)c(F)c(F)c5F)C(=O)C4(Cl)C3c3cc(Cl)ccc3O)C2C1=O. The summed E-state index contributed by atoms with van der Waals surface area (Å²) in [5.74, 6) is -21.9. The van der Waals surface area contributed by atoms with Crippen LogP contribution in [0.2, 0.25) is 5.02 Å². The monoisotopic (exact) mass is 690 g/mol. The number of carbonyl (C=O) groups excluding carboxylic acids is 4. The fraction of sp³-hybridized carbons (Fsp3) is 0.400. The fourth-order valence-corrected chi connectivity index (χ4v) is 8.44. The average Bonchev–Trinajstić information content (AvgIpc) is 3.31. The van der Waals surface area contributed by atoms with Crippen LogP contribution in [0.4, 0.5) is 27.6 Å². The Morgan fingerprint density at radius 3 is 2.02 bits per heavy atom. The smallest absolute Gasteiger partial charge is 0.258 e. The van der Waals surface area contributed by atoms with E-state index in [0.29, 0.717) is 0 Å². The van der Waals surface area contributed by atoms with Crippen LogP contribution in [-0.2, 0) is 19.2 Å². The highest BCUT2D eigenvalue weighted by molar-refractivity contribution is 6.58. The number of amides is 4. The van der Waals surface area contributed by atoms with Gasteiger partial charge in [-0.3, -0.25) is 24.1 Å². The molecule has 6 atom stereocenters. The zero-order valence-corrected chi connectivity index (χ0v) is 25.8. The molecule has 0 bridgehead atoms. The van der Waals surface area contributed by atoms with Crippen LogP contribution in [0.15, 0.2) is 29.8 Å². The summed E-state index contributed by atoms with van der Waals surface area (Å²) in [7, 11) is 0. The van der Waals surface area contributed by atoms with E-state index >= 15 is 8.78 Å². The van der Waals surface area contributed by atoms with Gasteiger partial charge in [0.2, 0.25) is 17.6 Å². The molecular formula is C30H22Cl3F5N2O5. The van der Waals surface area contributed by atoms with E-state index in [-0.39, 0.29) is 27.5 Å². The summed E-state index contributed by atoms with van der Waals surface area (Å²) in [6.07, 6.45) is 0.876. The van der Waals surface area contributed by atoms with Gasteiger partial charge < -0.3 is 5.11 Å². The number of nitrogens with zero attached hydrogens (tertiary/aromatic N) is 2. The number of hydrogen-bond acceptors (Lipinski definition) is 5. The molecular weight excluding hydrogens is 670 g/mol. The first-order chi connectivity index (χ1) is 20.8. The topological polar surface area (TPSA) is 95.0 Å². The molecule has 6 rings (SSSR count). The molecule has 238 valence electrons. The third-order valence-electron chi connectivity index (χ3n) is 9.19. The Morgan fingerprint density at radius 1 is 0.867 bits per heavy atom. The number of aromatic hydroxyl groups is 1. The number of rotatable bonds is 2. The van der Waals surface area contributed by atoms with Crippen molar-refractivity contribution in [1.29, 1.82) is 0 Å². The van der Waals surface area contributed by atoms with Crippen molar-refractivity contribution in [3.63, 3.8) is 0 Å². The van der Waals surface area contributed by atoms with Gasteiger partial charge in [0.25, 0.3) is 11.8 Å². The van der Waals surface area contributed by atoms with Crippen molar-refractivity contribution in [1.82, 2.24) is 4.90 Å². The number of carbonyl (C=O) groups is 4. The molecule has 1 saturated carbocycles. The Hall–Kier alpha value is -3.22. The first kappa shape index (κ1) is 31.7. The van der Waals surface area contributed by atoms with E-state index < -0.39 is 110 Å². The van der Waals surface area contributed by atoms with Crippen LogP contribution in [0.3, 0.4) is 0 Å². The predicted molar refractivity (Wildman–Crippen MR) is 151 cm³/mol. The van der Waals surface area contributed by atoms with E-state index in [1.165, 1.54) is 18.2 Å². The molecule has 2 saturated heterocycles. The van der Waals surface area contributed by atoms with Gasteiger partial charge >= 0.3 is 0 Å². The summed E-state index contributed by atoms with van der Waals surface area (Å²) in [5.41, 5.74) is -2.79. The Bertz CT molecular complexity index is 1770. The highest BCUT2D eigenvalue weighted by Gasteiger charge is 2.77. The lowest BCUT2D eigenvalue weighted by molar-refractivity contribution is -0.145. The third-order valence-corrected chi connectivity index (χ3v) is 10.8. The second-order valence-corrected chi connectivity index (χ2v) is 14.3. The Morgan fingerprint density at radius 2 is 1.44 bits per heavy atom. The van der Waals surface area contributed by atoms with E-state index in [9.17, 15) is 37.5 Å². The molecule has 4 amide bonds. The quantitative estimate of drug-likeness (QED) is 0.103. The number of imide groups is 2. The zero-order valence-electron chi connectivity index (χ0n) is 23.5. The molecule has 2 aromatic carbocycles. The van der Waals surface area contributed by atoms with Crippen molar-refractivity contribution in [2.45, 2.75) is 54.8 Å². The minimum absolute atomic E-state index is 0.0166. The molecule has 4 aliphatic rings. The van der Waals surface area contributed by atoms with Gasteiger partial charge in [-0.15, -0.1) is 23.2 Å². The van der Waals surface area contributed by atoms with Gasteiger partial charge in [0.15, 0.2) is 33.0 Å². The lowest BCUT2D eigenvalue weighted by Gasteiger charge is -2.50. The summed E-state index contributed by atoms with van der Waals surface area (Å²) in [4.78, 5) is 51.0. The van der Waals surface area contributed by atoms with Crippen molar-refractivity contribution < 1.29 is 46.2 Å². The van der Waals surface area contributed by atoms with E-state index in [1.54, 1.807) is 20.8 Å². The Labute approximate surface area is 267 Å². The van der Waals surface area contributed by atoms with E-state index in [4.69, 9.17) is 34.8 Å². The second kappa shape index (κ2) is 9.89. The number of alkyl halides is 2. The predicted octanol–water partition coefficient (Wildman–Crippen LogP) is 6.10. The van der Waals surface area contributed by atoms with E-state index in [0.717, 1.165) is 11.0 Å². The molecule has 2 heterocycles. The highest BCUT2D eigenvalue weighted by atomic mass is 35.5. The minimum Gasteiger partial charge on any atom is -0.508 e. The van der Waals surface area contributed by atoms with Gasteiger partial charge in [0.1, 0.15) is 11.4 Å². The third kappa shape index (κ3) is 3.94. The second-order valence-electron chi connectivity index (χ2n) is 12.6. The van der Waals surface area contributed by atoms with Crippen molar-refractivity contribution in [2.75, 3.05) is 4.90 Å². The maximum absolute atomic E-state index is 15.1. The van der Waals surface area contributed by atoms with Gasteiger partial charge in [-0.05, 0) is 57.7 Å². The number of anilines is 1. The number of phenolic OH excluding ortho intramolecular Hbond substituents is 1. The first-order valence-electron chi connectivity index (χ1n) is 13.6. The molecule has 1 N–H and O–H groups in total. The zero-order chi connectivity index (χ0) is 33.3. The molecule has 6 unspecified atom stereocenters.